The van der Waals surface area contributed by atoms with Crippen molar-refractivity contribution in [1.82, 2.24) is 15.5 Å². The molecule has 176 valence electrons. The van der Waals surface area contributed by atoms with Crippen LogP contribution in [0.15, 0.2) is 29.3 Å². The second-order valence-electron chi connectivity index (χ2n) is 8.34. The van der Waals surface area contributed by atoms with Crippen LogP contribution in [0.4, 0.5) is 0 Å². The zero-order valence-corrected chi connectivity index (χ0v) is 21.6. The van der Waals surface area contributed by atoms with E-state index in [4.69, 9.17) is 9.47 Å². The van der Waals surface area contributed by atoms with Crippen molar-refractivity contribution in [3.8, 4) is 0 Å². The number of morpholine rings is 1. The molecule has 2 aliphatic rings. The van der Waals surface area contributed by atoms with Gasteiger partial charge in [0, 0.05) is 46.4 Å². The first kappa shape index (κ1) is 26.4. The summed E-state index contributed by atoms with van der Waals surface area (Å²) in [5.41, 5.74) is 2.70. The Hall–Kier alpha value is -0.900. The maximum atomic E-state index is 6.04. The highest BCUT2D eigenvalue weighted by Crippen LogP contribution is 2.30. The summed E-state index contributed by atoms with van der Waals surface area (Å²) >= 11 is 0. The third-order valence-electron chi connectivity index (χ3n) is 6.31. The molecule has 31 heavy (non-hydrogen) atoms. The molecular weight excluding hydrogens is 503 g/mol. The van der Waals surface area contributed by atoms with Crippen LogP contribution in [0, 0.1) is 5.92 Å². The minimum Gasteiger partial charge on any atom is -0.379 e. The number of benzene rings is 1. The second kappa shape index (κ2) is 15.0. The molecule has 0 amide bonds. The lowest BCUT2D eigenvalue weighted by Crippen LogP contribution is -2.39. The topological polar surface area (TPSA) is 58.1 Å². The number of hydrogen-bond donors (Lipinski definition) is 2. The van der Waals surface area contributed by atoms with E-state index in [0.29, 0.717) is 6.10 Å². The maximum Gasteiger partial charge on any atom is 0.191 e. The predicted octanol–water partition coefficient (Wildman–Crippen LogP) is 3.79. The van der Waals surface area contributed by atoms with E-state index in [2.05, 4.69) is 51.7 Å². The molecule has 1 saturated carbocycles. The Morgan fingerprint density at radius 1 is 1.16 bits per heavy atom. The minimum absolute atomic E-state index is 0. The zero-order chi connectivity index (χ0) is 21.0. The number of aliphatic imine (C=N–C) groups is 1. The van der Waals surface area contributed by atoms with Gasteiger partial charge in [0.1, 0.15) is 0 Å². The van der Waals surface area contributed by atoms with Gasteiger partial charge in [-0.3, -0.25) is 9.89 Å². The zero-order valence-electron chi connectivity index (χ0n) is 19.3. The lowest BCUT2D eigenvalue weighted by Gasteiger charge is -2.27. The lowest BCUT2D eigenvalue weighted by atomic mass is 9.98. The molecule has 0 radical (unpaired) electrons. The number of hydrogen-bond acceptors (Lipinski definition) is 4. The quantitative estimate of drug-likeness (QED) is 0.267. The van der Waals surface area contributed by atoms with Gasteiger partial charge in [-0.05, 0) is 43.2 Å². The van der Waals surface area contributed by atoms with Crippen LogP contribution in [0.1, 0.15) is 50.2 Å². The molecule has 1 atom stereocenters. The van der Waals surface area contributed by atoms with Crippen LogP contribution in [-0.2, 0) is 22.6 Å². The van der Waals surface area contributed by atoms with Crippen molar-refractivity contribution >= 4 is 29.9 Å². The highest BCUT2D eigenvalue weighted by atomic mass is 127. The molecule has 0 spiro atoms. The molecule has 6 nitrogen and oxygen atoms in total. The number of nitrogens with zero attached hydrogens (tertiary/aromatic N) is 2. The molecule has 1 aliphatic carbocycles. The highest BCUT2D eigenvalue weighted by Gasteiger charge is 2.25. The third kappa shape index (κ3) is 8.86. The van der Waals surface area contributed by atoms with Gasteiger partial charge >= 0.3 is 0 Å². The number of nitrogens with one attached hydrogen (secondary N) is 2. The fourth-order valence-corrected chi connectivity index (χ4v) is 4.62. The molecule has 1 saturated heterocycles. The van der Waals surface area contributed by atoms with Crippen LogP contribution in [0.3, 0.4) is 0 Å². The smallest absolute Gasteiger partial charge is 0.191 e. The summed E-state index contributed by atoms with van der Waals surface area (Å²) < 4.78 is 11.5. The first-order chi connectivity index (χ1) is 14.8. The van der Waals surface area contributed by atoms with Crippen LogP contribution in [0.2, 0.25) is 0 Å². The fourth-order valence-electron chi connectivity index (χ4n) is 4.62. The maximum absolute atomic E-state index is 6.04. The van der Waals surface area contributed by atoms with Gasteiger partial charge in [-0.2, -0.15) is 0 Å². The van der Waals surface area contributed by atoms with Gasteiger partial charge in [0.2, 0.25) is 0 Å². The molecule has 1 aliphatic heterocycles. The van der Waals surface area contributed by atoms with Crippen molar-refractivity contribution in [3.05, 3.63) is 35.4 Å². The van der Waals surface area contributed by atoms with Crippen molar-refractivity contribution < 1.29 is 9.47 Å². The van der Waals surface area contributed by atoms with Gasteiger partial charge < -0.3 is 20.1 Å². The van der Waals surface area contributed by atoms with Crippen LogP contribution in [-0.4, -0.2) is 63.5 Å². The molecule has 3 rings (SSSR count). The summed E-state index contributed by atoms with van der Waals surface area (Å²) in [6.07, 6.45) is 6.75. The van der Waals surface area contributed by atoms with Crippen molar-refractivity contribution in [2.75, 3.05) is 46.5 Å². The number of guanidine groups is 1. The summed E-state index contributed by atoms with van der Waals surface area (Å²) in [7, 11) is 1.84. The fraction of sp³-hybridized carbons (Fsp3) is 0.708. The van der Waals surface area contributed by atoms with E-state index in [1.807, 2.05) is 7.05 Å². The summed E-state index contributed by atoms with van der Waals surface area (Å²) in [6, 6.07) is 8.69. The second-order valence-corrected chi connectivity index (χ2v) is 8.34. The van der Waals surface area contributed by atoms with Crippen LogP contribution in [0.25, 0.3) is 0 Å². The highest BCUT2D eigenvalue weighted by molar-refractivity contribution is 14.0. The average Bonchev–Trinajstić information content (AvgIpc) is 3.32. The Morgan fingerprint density at radius 3 is 2.55 bits per heavy atom. The van der Waals surface area contributed by atoms with Gasteiger partial charge in [0.15, 0.2) is 5.96 Å². The molecule has 7 heteroatoms. The van der Waals surface area contributed by atoms with Gasteiger partial charge in [0.05, 0.1) is 19.3 Å². The lowest BCUT2D eigenvalue weighted by molar-refractivity contribution is 0.0169. The van der Waals surface area contributed by atoms with Crippen LogP contribution >= 0.6 is 24.0 Å². The SMILES string of the molecule is CCOC(CCNC(=NC)NCc1ccccc1CN1CCOCC1)C1CCCC1.I. The van der Waals surface area contributed by atoms with E-state index in [1.165, 1.54) is 36.8 Å². The van der Waals surface area contributed by atoms with Gasteiger partial charge in [-0.25, -0.2) is 0 Å². The predicted molar refractivity (Wildman–Crippen MR) is 138 cm³/mol. The largest absolute Gasteiger partial charge is 0.379 e. The van der Waals surface area contributed by atoms with E-state index in [1.54, 1.807) is 0 Å². The minimum atomic E-state index is 0. The Balaban J connectivity index is 0.00000341. The summed E-state index contributed by atoms with van der Waals surface area (Å²) in [4.78, 5) is 6.88. The van der Waals surface area contributed by atoms with Crippen LogP contribution in [0.5, 0.6) is 0 Å². The summed E-state index contributed by atoms with van der Waals surface area (Å²) in [6.45, 7) is 9.22. The van der Waals surface area contributed by atoms with Crippen molar-refractivity contribution in [3.63, 3.8) is 0 Å². The molecule has 1 aromatic carbocycles. The van der Waals surface area contributed by atoms with E-state index < -0.39 is 0 Å². The Labute approximate surface area is 205 Å². The monoisotopic (exact) mass is 544 g/mol. The molecule has 1 unspecified atom stereocenters. The van der Waals surface area contributed by atoms with E-state index >= 15 is 0 Å². The first-order valence-corrected chi connectivity index (χ1v) is 11.7. The Morgan fingerprint density at radius 2 is 1.87 bits per heavy atom. The number of halogens is 1. The van der Waals surface area contributed by atoms with E-state index in [-0.39, 0.29) is 24.0 Å². The molecule has 0 aromatic heterocycles. The molecule has 1 heterocycles. The molecule has 2 fully saturated rings. The van der Waals surface area contributed by atoms with E-state index in [0.717, 1.165) is 70.8 Å². The first-order valence-electron chi connectivity index (χ1n) is 11.7. The standard InChI is InChI=1S/C24H40N4O2.HI/c1-3-30-23(20-8-4-5-9-20)12-13-26-24(25-2)27-18-21-10-6-7-11-22(21)19-28-14-16-29-17-15-28;/h6-7,10-11,20,23H,3-5,8-9,12-19H2,1-2H3,(H2,25,26,27);1H. The molecular formula is C24H41IN4O2. The normalized spacial score (nSPS) is 19.1. The van der Waals surface area contributed by atoms with Gasteiger partial charge in [-0.15, -0.1) is 24.0 Å². The average molecular weight is 545 g/mol. The Bertz CT molecular complexity index is 646. The molecule has 0 bridgehead atoms. The van der Waals surface area contributed by atoms with Crippen molar-refractivity contribution in [2.24, 2.45) is 10.9 Å². The van der Waals surface area contributed by atoms with Gasteiger partial charge in [0.25, 0.3) is 0 Å². The summed E-state index contributed by atoms with van der Waals surface area (Å²) in [5, 5.41) is 6.98. The van der Waals surface area contributed by atoms with E-state index in [9.17, 15) is 0 Å². The molecule has 1 aromatic rings. The number of ether oxygens (including phenoxy) is 2. The van der Waals surface area contributed by atoms with Gasteiger partial charge in [-0.1, -0.05) is 37.1 Å². The number of rotatable bonds is 10. The molecule has 2 N–H and O–H groups in total. The van der Waals surface area contributed by atoms with Crippen molar-refractivity contribution in [1.29, 1.82) is 0 Å². The Kier molecular flexibility index (Phi) is 12.8. The van der Waals surface area contributed by atoms with Crippen molar-refractivity contribution in [2.45, 2.75) is 58.2 Å². The van der Waals surface area contributed by atoms with Crippen LogP contribution < -0.4 is 10.6 Å². The third-order valence-corrected chi connectivity index (χ3v) is 6.31. The summed E-state index contributed by atoms with van der Waals surface area (Å²) in [5.74, 6) is 1.59.